The summed E-state index contributed by atoms with van der Waals surface area (Å²) >= 11 is 0. The molecule has 1 heterocycles. The van der Waals surface area contributed by atoms with Crippen molar-refractivity contribution in [1.82, 2.24) is 10.2 Å². The second kappa shape index (κ2) is 9.20. The summed E-state index contributed by atoms with van der Waals surface area (Å²) in [5.74, 6) is 1.26. The van der Waals surface area contributed by atoms with Crippen molar-refractivity contribution in [3.63, 3.8) is 0 Å². The van der Waals surface area contributed by atoms with E-state index in [1.165, 1.54) is 11.6 Å². The molecule has 2 aromatic rings. The third-order valence-electron chi connectivity index (χ3n) is 5.26. The third-order valence-corrected chi connectivity index (χ3v) is 5.26. The summed E-state index contributed by atoms with van der Waals surface area (Å²) in [6.07, 6.45) is 0.885. The van der Waals surface area contributed by atoms with Crippen LogP contribution in [-0.4, -0.2) is 44.8 Å². The topological polar surface area (TPSA) is 33.7 Å². The molecule has 146 valence electrons. The number of nitrogens with one attached hydrogen (secondary N) is 1. The molecule has 5 heteroatoms. The molecule has 1 atom stereocenters. The van der Waals surface area contributed by atoms with Crippen LogP contribution in [0.25, 0.3) is 0 Å². The maximum absolute atomic E-state index is 14.4. The van der Waals surface area contributed by atoms with Crippen molar-refractivity contribution in [2.24, 2.45) is 0 Å². The zero-order valence-corrected chi connectivity index (χ0v) is 16.4. The maximum Gasteiger partial charge on any atom is 0.161 e. The zero-order chi connectivity index (χ0) is 19.2. The highest BCUT2D eigenvalue weighted by atomic mass is 19.1. The smallest absolute Gasteiger partial charge is 0.161 e. The van der Waals surface area contributed by atoms with E-state index in [4.69, 9.17) is 9.47 Å². The average Bonchev–Trinajstić information content (AvgIpc) is 2.70. The van der Waals surface area contributed by atoms with E-state index >= 15 is 0 Å². The molecule has 0 aliphatic carbocycles. The lowest BCUT2D eigenvalue weighted by atomic mass is 9.89. The summed E-state index contributed by atoms with van der Waals surface area (Å²) in [7, 11) is 1.66. The lowest BCUT2D eigenvalue weighted by molar-refractivity contribution is 0.217. The van der Waals surface area contributed by atoms with Crippen LogP contribution >= 0.6 is 0 Å². The van der Waals surface area contributed by atoms with Crippen molar-refractivity contribution in [2.45, 2.75) is 26.3 Å². The van der Waals surface area contributed by atoms with Gasteiger partial charge in [-0.1, -0.05) is 32.0 Å². The van der Waals surface area contributed by atoms with E-state index in [0.29, 0.717) is 17.9 Å². The monoisotopic (exact) mass is 372 g/mol. The molecule has 27 heavy (non-hydrogen) atoms. The molecule has 2 aromatic carbocycles. The first kappa shape index (κ1) is 19.6. The number of fused-ring (bicyclic) bond motifs is 1. The summed E-state index contributed by atoms with van der Waals surface area (Å²) in [4.78, 5) is 2.31. The number of halogens is 1. The van der Waals surface area contributed by atoms with Crippen LogP contribution in [0.5, 0.6) is 11.5 Å². The number of rotatable bonds is 8. The predicted molar refractivity (Wildman–Crippen MR) is 106 cm³/mol. The first-order valence-corrected chi connectivity index (χ1v) is 9.71. The standard InChI is InChI=1S/C22H29FN2O2/c1-4-25(5-2)12-13-27-21-15-18-16(14-20(21)26-3)10-11-24-22(18)17-8-6-7-9-19(17)23/h6-9,14-15,22,24H,4-5,10-13H2,1-3H3. The van der Waals surface area contributed by atoms with Gasteiger partial charge in [0.1, 0.15) is 12.4 Å². The molecule has 1 unspecified atom stereocenters. The number of likely N-dealkylation sites (N-methyl/N-ethyl adjacent to an activating group) is 1. The number of hydrogen-bond acceptors (Lipinski definition) is 4. The van der Waals surface area contributed by atoms with Gasteiger partial charge in [0, 0.05) is 18.7 Å². The largest absolute Gasteiger partial charge is 0.493 e. The second-order valence-corrected chi connectivity index (χ2v) is 6.74. The highest BCUT2D eigenvalue weighted by Gasteiger charge is 2.25. The number of hydrogen-bond donors (Lipinski definition) is 1. The van der Waals surface area contributed by atoms with Gasteiger partial charge in [-0.3, -0.25) is 0 Å². The molecule has 1 aliphatic heterocycles. The normalized spacial score (nSPS) is 16.3. The number of ether oxygens (including phenoxy) is 2. The van der Waals surface area contributed by atoms with Crippen LogP contribution in [0.4, 0.5) is 4.39 Å². The Bertz CT molecular complexity index is 762. The number of methoxy groups -OCH3 is 1. The Morgan fingerprint density at radius 1 is 1.11 bits per heavy atom. The number of nitrogens with zero attached hydrogens (tertiary/aromatic N) is 1. The van der Waals surface area contributed by atoms with Crippen LogP contribution < -0.4 is 14.8 Å². The van der Waals surface area contributed by atoms with Crippen LogP contribution in [0.1, 0.15) is 36.6 Å². The van der Waals surface area contributed by atoms with Gasteiger partial charge in [0.25, 0.3) is 0 Å². The first-order chi connectivity index (χ1) is 13.2. The van der Waals surface area contributed by atoms with Crippen LogP contribution in [0.15, 0.2) is 36.4 Å². The Hall–Kier alpha value is -2.11. The van der Waals surface area contributed by atoms with Gasteiger partial charge in [-0.15, -0.1) is 0 Å². The lowest BCUT2D eigenvalue weighted by Gasteiger charge is -2.29. The van der Waals surface area contributed by atoms with Crippen molar-refractivity contribution in [3.05, 3.63) is 58.9 Å². The minimum atomic E-state index is -0.192. The van der Waals surface area contributed by atoms with Gasteiger partial charge in [-0.25, -0.2) is 4.39 Å². The quantitative estimate of drug-likeness (QED) is 0.764. The van der Waals surface area contributed by atoms with Crippen LogP contribution in [-0.2, 0) is 6.42 Å². The van der Waals surface area contributed by atoms with Gasteiger partial charge < -0.3 is 19.7 Å². The van der Waals surface area contributed by atoms with E-state index in [0.717, 1.165) is 43.9 Å². The average molecular weight is 372 g/mol. The number of benzene rings is 2. The summed E-state index contributed by atoms with van der Waals surface area (Å²) in [5, 5.41) is 3.45. The van der Waals surface area contributed by atoms with Crippen molar-refractivity contribution in [2.75, 3.05) is 39.9 Å². The molecule has 0 fully saturated rings. The molecule has 0 bridgehead atoms. The molecule has 3 rings (SSSR count). The Morgan fingerprint density at radius 2 is 1.89 bits per heavy atom. The van der Waals surface area contributed by atoms with E-state index in [1.807, 2.05) is 24.3 Å². The van der Waals surface area contributed by atoms with Gasteiger partial charge in [0.05, 0.1) is 13.2 Å². The Labute approximate surface area is 161 Å². The van der Waals surface area contributed by atoms with Gasteiger partial charge in [0.2, 0.25) is 0 Å². The van der Waals surface area contributed by atoms with E-state index in [-0.39, 0.29) is 11.9 Å². The summed E-state index contributed by atoms with van der Waals surface area (Å²) < 4.78 is 26.0. The maximum atomic E-state index is 14.4. The molecule has 1 aliphatic rings. The molecular formula is C22H29FN2O2. The van der Waals surface area contributed by atoms with E-state index in [9.17, 15) is 4.39 Å². The Balaban J connectivity index is 1.88. The van der Waals surface area contributed by atoms with Crippen molar-refractivity contribution in [1.29, 1.82) is 0 Å². The molecule has 0 saturated heterocycles. The fourth-order valence-electron chi connectivity index (χ4n) is 3.65. The van der Waals surface area contributed by atoms with Crippen molar-refractivity contribution >= 4 is 0 Å². The lowest BCUT2D eigenvalue weighted by Crippen LogP contribution is -2.31. The highest BCUT2D eigenvalue weighted by Crippen LogP contribution is 2.38. The van der Waals surface area contributed by atoms with E-state index < -0.39 is 0 Å². The summed E-state index contributed by atoms with van der Waals surface area (Å²) in [6.45, 7) is 8.55. The van der Waals surface area contributed by atoms with Gasteiger partial charge >= 0.3 is 0 Å². The van der Waals surface area contributed by atoms with Crippen molar-refractivity contribution in [3.8, 4) is 11.5 Å². The minimum Gasteiger partial charge on any atom is -0.493 e. The van der Waals surface area contributed by atoms with E-state index in [2.05, 4.69) is 24.1 Å². The van der Waals surface area contributed by atoms with Gasteiger partial charge in [-0.2, -0.15) is 0 Å². The third kappa shape index (κ3) is 4.42. The zero-order valence-electron chi connectivity index (χ0n) is 16.4. The molecule has 0 radical (unpaired) electrons. The first-order valence-electron chi connectivity index (χ1n) is 9.71. The minimum absolute atomic E-state index is 0.175. The molecule has 1 N–H and O–H groups in total. The van der Waals surface area contributed by atoms with Gasteiger partial charge in [-0.05, 0) is 48.8 Å². The Morgan fingerprint density at radius 3 is 2.59 bits per heavy atom. The molecular weight excluding hydrogens is 343 g/mol. The van der Waals surface area contributed by atoms with Crippen LogP contribution in [0, 0.1) is 5.82 Å². The fourth-order valence-corrected chi connectivity index (χ4v) is 3.65. The molecule has 0 aromatic heterocycles. The summed E-state index contributed by atoms with van der Waals surface area (Å²) in [5.41, 5.74) is 2.90. The molecule has 4 nitrogen and oxygen atoms in total. The van der Waals surface area contributed by atoms with Crippen LogP contribution in [0.2, 0.25) is 0 Å². The Kier molecular flexibility index (Phi) is 6.69. The second-order valence-electron chi connectivity index (χ2n) is 6.74. The summed E-state index contributed by atoms with van der Waals surface area (Å²) in [6, 6.07) is 10.8. The molecule has 0 amide bonds. The fraction of sp³-hybridized carbons (Fsp3) is 0.455. The van der Waals surface area contributed by atoms with E-state index in [1.54, 1.807) is 13.2 Å². The van der Waals surface area contributed by atoms with Crippen LogP contribution in [0.3, 0.4) is 0 Å². The van der Waals surface area contributed by atoms with Crippen molar-refractivity contribution < 1.29 is 13.9 Å². The SMILES string of the molecule is CCN(CC)CCOc1cc2c(cc1OC)CCNC2c1ccccc1F. The molecule has 0 spiro atoms. The van der Waals surface area contributed by atoms with Gasteiger partial charge in [0.15, 0.2) is 11.5 Å². The highest BCUT2D eigenvalue weighted by molar-refractivity contribution is 5.51. The predicted octanol–water partition coefficient (Wildman–Crippen LogP) is 3.79. The molecule has 0 saturated carbocycles.